The van der Waals surface area contributed by atoms with Crippen LogP contribution in [0.4, 0.5) is 0 Å². The third kappa shape index (κ3) is 4.68. The van der Waals surface area contributed by atoms with Crippen molar-refractivity contribution in [2.45, 2.75) is 36.8 Å². The van der Waals surface area contributed by atoms with E-state index in [2.05, 4.69) is 5.32 Å². The van der Waals surface area contributed by atoms with Gasteiger partial charge in [-0.1, -0.05) is 31.9 Å². The van der Waals surface area contributed by atoms with Crippen molar-refractivity contribution in [1.82, 2.24) is 5.32 Å². The maximum atomic E-state index is 12.2. The van der Waals surface area contributed by atoms with E-state index in [0.717, 1.165) is 24.3 Å². The van der Waals surface area contributed by atoms with E-state index in [-0.39, 0.29) is 5.91 Å². The number of aliphatic carboxylic acids is 1. The van der Waals surface area contributed by atoms with Gasteiger partial charge in [-0.25, -0.2) is 4.79 Å². The van der Waals surface area contributed by atoms with Crippen LogP contribution in [0.5, 0.6) is 0 Å². The van der Waals surface area contributed by atoms with Gasteiger partial charge in [0.1, 0.15) is 6.04 Å². The minimum atomic E-state index is -0.975. The molecular weight excluding hydrogens is 318 g/mol. The Bertz CT molecular complexity index is 513. The van der Waals surface area contributed by atoms with Gasteiger partial charge in [-0.3, -0.25) is 4.79 Å². The third-order valence-electron chi connectivity index (χ3n) is 3.52. The standard InChI is InChI=1S/C16H21NO3S2/c1-2-3-4-13(15(19)20)17-14(18)11-5-7-12(8-6-11)16-21-9-10-22-16/h5-8,13,16H,2-4,9-10H2,1H3,(H,17,18)(H,19,20). The summed E-state index contributed by atoms with van der Waals surface area (Å²) in [4.78, 5) is 23.4. The van der Waals surface area contributed by atoms with Crippen LogP contribution in [0.15, 0.2) is 24.3 Å². The van der Waals surface area contributed by atoms with E-state index in [1.165, 1.54) is 5.56 Å². The minimum absolute atomic E-state index is 0.318. The number of carbonyl (C=O) groups excluding carboxylic acids is 1. The SMILES string of the molecule is CCCCC(NC(=O)c1ccc(C2SCCS2)cc1)C(=O)O. The first-order valence-corrected chi connectivity index (χ1v) is 9.58. The number of nitrogens with one attached hydrogen (secondary N) is 1. The number of hydrogen-bond donors (Lipinski definition) is 2. The maximum absolute atomic E-state index is 12.2. The van der Waals surface area contributed by atoms with Crippen molar-refractivity contribution in [3.05, 3.63) is 35.4 Å². The van der Waals surface area contributed by atoms with Crippen LogP contribution in [0.3, 0.4) is 0 Å². The molecule has 0 aliphatic carbocycles. The average Bonchev–Trinajstić information content (AvgIpc) is 3.05. The molecule has 1 unspecified atom stereocenters. The molecule has 2 N–H and O–H groups in total. The molecule has 1 aliphatic rings. The topological polar surface area (TPSA) is 66.4 Å². The lowest BCUT2D eigenvalue weighted by atomic mass is 10.1. The summed E-state index contributed by atoms with van der Waals surface area (Å²) in [5.74, 6) is 1.03. The summed E-state index contributed by atoms with van der Waals surface area (Å²) in [5, 5.41) is 11.8. The molecule has 1 aromatic rings. The van der Waals surface area contributed by atoms with Gasteiger partial charge < -0.3 is 10.4 Å². The van der Waals surface area contributed by atoms with Crippen molar-refractivity contribution < 1.29 is 14.7 Å². The molecule has 4 nitrogen and oxygen atoms in total. The van der Waals surface area contributed by atoms with Crippen molar-refractivity contribution in [2.75, 3.05) is 11.5 Å². The smallest absolute Gasteiger partial charge is 0.326 e. The number of carboxylic acid groups (broad SMARTS) is 1. The molecule has 0 saturated carbocycles. The Labute approximate surface area is 139 Å². The monoisotopic (exact) mass is 339 g/mol. The number of carbonyl (C=O) groups is 2. The Morgan fingerprint density at radius 2 is 1.91 bits per heavy atom. The second-order valence-corrected chi connectivity index (χ2v) is 7.93. The van der Waals surface area contributed by atoms with Crippen LogP contribution in [0, 0.1) is 0 Å². The summed E-state index contributed by atoms with van der Waals surface area (Å²) in [7, 11) is 0. The highest BCUT2D eigenvalue weighted by atomic mass is 32.2. The highest BCUT2D eigenvalue weighted by Crippen LogP contribution is 2.45. The van der Waals surface area contributed by atoms with E-state index in [9.17, 15) is 9.59 Å². The molecule has 1 fully saturated rings. The van der Waals surface area contributed by atoms with Crippen LogP contribution in [0.2, 0.25) is 0 Å². The molecule has 120 valence electrons. The van der Waals surface area contributed by atoms with E-state index in [4.69, 9.17) is 5.11 Å². The zero-order valence-electron chi connectivity index (χ0n) is 12.6. The second kappa shape index (κ2) is 8.48. The zero-order chi connectivity index (χ0) is 15.9. The number of thioether (sulfide) groups is 2. The summed E-state index contributed by atoms with van der Waals surface area (Å²) < 4.78 is 0.452. The molecule has 1 amide bonds. The number of hydrogen-bond acceptors (Lipinski definition) is 4. The van der Waals surface area contributed by atoms with Crippen LogP contribution >= 0.6 is 23.5 Å². The van der Waals surface area contributed by atoms with Gasteiger partial charge in [-0.2, -0.15) is 0 Å². The molecule has 1 aliphatic heterocycles. The fourth-order valence-electron chi connectivity index (χ4n) is 2.25. The number of carboxylic acids is 1. The molecular formula is C16H21NO3S2. The molecule has 1 aromatic carbocycles. The van der Waals surface area contributed by atoms with Crippen LogP contribution in [0.1, 0.15) is 46.7 Å². The Morgan fingerprint density at radius 1 is 1.27 bits per heavy atom. The van der Waals surface area contributed by atoms with Crippen molar-refractivity contribution in [3.63, 3.8) is 0 Å². The average molecular weight is 339 g/mol. The highest BCUT2D eigenvalue weighted by Gasteiger charge is 2.21. The summed E-state index contributed by atoms with van der Waals surface area (Å²) in [6.07, 6.45) is 2.16. The molecule has 0 radical (unpaired) electrons. The van der Waals surface area contributed by atoms with Gasteiger partial charge in [0.15, 0.2) is 0 Å². The van der Waals surface area contributed by atoms with Gasteiger partial charge in [0.2, 0.25) is 0 Å². The van der Waals surface area contributed by atoms with Gasteiger partial charge in [-0.05, 0) is 24.1 Å². The Hall–Kier alpha value is -1.14. The number of amides is 1. The second-order valence-electron chi connectivity index (χ2n) is 5.20. The van der Waals surface area contributed by atoms with Gasteiger partial charge in [-0.15, -0.1) is 23.5 Å². The molecule has 1 heterocycles. The van der Waals surface area contributed by atoms with E-state index >= 15 is 0 Å². The van der Waals surface area contributed by atoms with Crippen LogP contribution in [-0.4, -0.2) is 34.5 Å². The van der Waals surface area contributed by atoms with Gasteiger partial charge >= 0.3 is 5.97 Å². The van der Waals surface area contributed by atoms with Gasteiger partial charge in [0.25, 0.3) is 5.91 Å². The number of benzene rings is 1. The van der Waals surface area contributed by atoms with Crippen molar-refractivity contribution in [2.24, 2.45) is 0 Å². The molecule has 22 heavy (non-hydrogen) atoms. The van der Waals surface area contributed by atoms with E-state index in [1.54, 1.807) is 12.1 Å². The van der Waals surface area contributed by atoms with Crippen molar-refractivity contribution >= 4 is 35.4 Å². The summed E-state index contributed by atoms with van der Waals surface area (Å²) in [5.41, 5.74) is 1.73. The van der Waals surface area contributed by atoms with E-state index in [1.807, 2.05) is 42.6 Å². The van der Waals surface area contributed by atoms with Crippen LogP contribution < -0.4 is 5.32 Å². The lowest BCUT2D eigenvalue weighted by molar-refractivity contribution is -0.139. The van der Waals surface area contributed by atoms with Crippen LogP contribution in [0.25, 0.3) is 0 Å². The molecule has 0 bridgehead atoms. The first-order valence-electron chi connectivity index (χ1n) is 7.48. The zero-order valence-corrected chi connectivity index (χ0v) is 14.2. The molecule has 1 atom stereocenters. The molecule has 2 rings (SSSR count). The Balaban J connectivity index is 1.97. The summed E-state index contributed by atoms with van der Waals surface area (Å²) >= 11 is 3.84. The van der Waals surface area contributed by atoms with Crippen LogP contribution in [-0.2, 0) is 4.79 Å². The Kier molecular flexibility index (Phi) is 6.64. The van der Waals surface area contributed by atoms with Gasteiger partial charge in [0, 0.05) is 17.1 Å². The largest absolute Gasteiger partial charge is 0.480 e. The molecule has 0 aromatic heterocycles. The third-order valence-corrected chi connectivity index (χ3v) is 6.62. The summed E-state index contributed by atoms with van der Waals surface area (Å²) in [6, 6.07) is 6.68. The lowest BCUT2D eigenvalue weighted by Crippen LogP contribution is -2.40. The van der Waals surface area contributed by atoms with Crippen molar-refractivity contribution in [3.8, 4) is 0 Å². The summed E-state index contributed by atoms with van der Waals surface area (Å²) in [6.45, 7) is 2.00. The Morgan fingerprint density at radius 3 is 2.45 bits per heavy atom. The quantitative estimate of drug-likeness (QED) is 0.795. The predicted octanol–water partition coefficient (Wildman–Crippen LogP) is 3.54. The minimum Gasteiger partial charge on any atom is -0.480 e. The van der Waals surface area contributed by atoms with Crippen molar-refractivity contribution in [1.29, 1.82) is 0 Å². The molecule has 6 heteroatoms. The normalized spacial score (nSPS) is 16.4. The molecule has 1 saturated heterocycles. The van der Waals surface area contributed by atoms with E-state index in [0.29, 0.717) is 16.6 Å². The number of rotatable bonds is 7. The van der Waals surface area contributed by atoms with Gasteiger partial charge in [0.05, 0.1) is 4.58 Å². The first-order chi connectivity index (χ1) is 10.6. The fraction of sp³-hybridized carbons (Fsp3) is 0.500. The highest BCUT2D eigenvalue weighted by molar-refractivity contribution is 8.19. The maximum Gasteiger partial charge on any atom is 0.326 e. The van der Waals surface area contributed by atoms with E-state index < -0.39 is 12.0 Å². The number of unbranched alkanes of at least 4 members (excludes halogenated alkanes) is 1. The predicted molar refractivity (Wildman–Crippen MR) is 92.5 cm³/mol. The molecule has 0 spiro atoms. The first kappa shape index (κ1) is 17.2. The lowest BCUT2D eigenvalue weighted by Gasteiger charge is -2.14. The fourth-order valence-corrected chi connectivity index (χ4v) is 5.11.